The highest BCUT2D eigenvalue weighted by Gasteiger charge is 2.56. The molecule has 2 heterocycles. The zero-order valence-electron chi connectivity index (χ0n) is 21.5. The van der Waals surface area contributed by atoms with Gasteiger partial charge < -0.3 is 33.7 Å². The SMILES string of the molecule is CC(=O)OC[C@H]1O[C@@H](OC2Nc3ccccc3C2(F)F)[C@H](OCc2ccccc2)[C@@H](OC(C)=O)[C@@H]1OC(C)=O. The molecule has 6 atom stereocenters. The molecule has 2 aliphatic heterocycles. The minimum absolute atomic E-state index is 0.0391. The molecule has 1 N–H and O–H groups in total. The van der Waals surface area contributed by atoms with E-state index < -0.39 is 67.4 Å². The summed E-state index contributed by atoms with van der Waals surface area (Å²) in [5, 5.41) is 2.64. The van der Waals surface area contributed by atoms with E-state index in [1.54, 1.807) is 30.3 Å². The van der Waals surface area contributed by atoms with Crippen molar-refractivity contribution >= 4 is 23.6 Å². The van der Waals surface area contributed by atoms with E-state index in [4.69, 9.17) is 28.4 Å². The minimum Gasteiger partial charge on any atom is -0.463 e. The molecule has 1 saturated heterocycles. The van der Waals surface area contributed by atoms with E-state index in [1.807, 2.05) is 6.07 Å². The van der Waals surface area contributed by atoms with Crippen molar-refractivity contribution in [3.05, 3.63) is 65.7 Å². The van der Waals surface area contributed by atoms with Crippen molar-refractivity contribution in [2.24, 2.45) is 0 Å². The number of esters is 3. The van der Waals surface area contributed by atoms with Crippen LogP contribution in [0, 0.1) is 0 Å². The quantitative estimate of drug-likeness (QED) is 0.369. The van der Waals surface area contributed by atoms with E-state index in [1.165, 1.54) is 18.2 Å². The van der Waals surface area contributed by atoms with Gasteiger partial charge in [-0.05, 0) is 11.6 Å². The molecule has 2 aliphatic rings. The molecule has 4 rings (SSSR count). The Labute approximate surface area is 223 Å². The fraction of sp³-hybridized carbons (Fsp3) is 0.444. The second-order valence-corrected chi connectivity index (χ2v) is 9.08. The topological polar surface area (TPSA) is 119 Å². The van der Waals surface area contributed by atoms with E-state index in [9.17, 15) is 14.4 Å². The molecule has 210 valence electrons. The molecule has 10 nitrogen and oxygen atoms in total. The number of carbonyl (C=O) groups is 3. The molecular formula is C27H29F2NO9. The van der Waals surface area contributed by atoms with Gasteiger partial charge in [-0.3, -0.25) is 14.4 Å². The minimum atomic E-state index is -3.46. The van der Waals surface area contributed by atoms with Gasteiger partial charge in [-0.2, -0.15) is 8.78 Å². The van der Waals surface area contributed by atoms with Crippen LogP contribution in [0.15, 0.2) is 54.6 Å². The van der Waals surface area contributed by atoms with Crippen molar-refractivity contribution in [3.63, 3.8) is 0 Å². The largest absolute Gasteiger partial charge is 0.463 e. The van der Waals surface area contributed by atoms with Crippen LogP contribution in [-0.2, 0) is 55.3 Å². The van der Waals surface area contributed by atoms with Crippen molar-refractivity contribution in [2.75, 3.05) is 11.9 Å². The number of para-hydroxylation sites is 1. The lowest BCUT2D eigenvalue weighted by molar-refractivity contribution is -0.334. The molecule has 0 spiro atoms. The van der Waals surface area contributed by atoms with Crippen LogP contribution in [0.1, 0.15) is 31.9 Å². The Morgan fingerprint density at radius 3 is 2.15 bits per heavy atom. The first-order chi connectivity index (χ1) is 18.6. The Kier molecular flexibility index (Phi) is 8.78. The number of alkyl halides is 2. The van der Waals surface area contributed by atoms with Crippen molar-refractivity contribution in [1.29, 1.82) is 0 Å². The Morgan fingerprint density at radius 1 is 0.872 bits per heavy atom. The first-order valence-corrected chi connectivity index (χ1v) is 12.2. The first-order valence-electron chi connectivity index (χ1n) is 12.2. The molecule has 0 saturated carbocycles. The van der Waals surface area contributed by atoms with E-state index >= 15 is 8.78 Å². The normalized spacial score (nSPS) is 27.1. The molecule has 0 amide bonds. The van der Waals surface area contributed by atoms with Crippen LogP contribution in [-0.4, -0.2) is 61.4 Å². The number of anilines is 1. The molecule has 0 radical (unpaired) electrons. The van der Waals surface area contributed by atoms with Gasteiger partial charge >= 0.3 is 23.8 Å². The second kappa shape index (κ2) is 12.1. The maximum atomic E-state index is 15.3. The Hall–Kier alpha value is -3.61. The molecule has 0 aromatic heterocycles. The van der Waals surface area contributed by atoms with E-state index in [2.05, 4.69) is 5.32 Å². The fourth-order valence-electron chi connectivity index (χ4n) is 4.45. The Bertz CT molecular complexity index is 1180. The smallest absolute Gasteiger partial charge is 0.318 e. The molecule has 2 aromatic rings. The van der Waals surface area contributed by atoms with E-state index in [0.717, 1.165) is 26.3 Å². The molecule has 12 heteroatoms. The van der Waals surface area contributed by atoms with Gasteiger partial charge in [0.15, 0.2) is 24.7 Å². The highest BCUT2D eigenvalue weighted by molar-refractivity contribution is 5.68. The standard InChI is InChI=1S/C27H29F2NO9/c1-15(31)34-14-21-22(36-16(2)32)23(37-17(3)33)24(35-13-18-9-5-4-6-10-18)25(38-21)39-26-27(28,29)19-11-7-8-12-20(19)30-26/h4-12,21-26,30H,13-14H2,1-3H3/t21-,22-,23+,24-,25+,26?/m1/s1. The van der Waals surface area contributed by atoms with Gasteiger partial charge in [0.1, 0.15) is 18.8 Å². The summed E-state index contributed by atoms with van der Waals surface area (Å²) in [7, 11) is 0. The van der Waals surface area contributed by atoms with Gasteiger partial charge in [0.2, 0.25) is 0 Å². The predicted molar refractivity (Wildman–Crippen MR) is 130 cm³/mol. The fourth-order valence-corrected chi connectivity index (χ4v) is 4.45. The molecular weight excluding hydrogens is 520 g/mol. The number of fused-ring (bicyclic) bond motifs is 1. The lowest BCUT2D eigenvalue weighted by Gasteiger charge is -2.45. The number of ether oxygens (including phenoxy) is 6. The monoisotopic (exact) mass is 549 g/mol. The van der Waals surface area contributed by atoms with Crippen LogP contribution in [0.5, 0.6) is 0 Å². The summed E-state index contributed by atoms with van der Waals surface area (Å²) in [6.07, 6.45) is -8.66. The highest BCUT2D eigenvalue weighted by Crippen LogP contribution is 2.45. The number of hydrogen-bond donors (Lipinski definition) is 1. The molecule has 0 aliphatic carbocycles. The third kappa shape index (κ3) is 6.70. The first kappa shape index (κ1) is 28.4. The highest BCUT2D eigenvalue weighted by atomic mass is 19.3. The van der Waals surface area contributed by atoms with Crippen LogP contribution in [0.2, 0.25) is 0 Å². The maximum Gasteiger partial charge on any atom is 0.318 e. The number of carbonyl (C=O) groups excluding carboxylic acids is 3. The number of hydrogen-bond acceptors (Lipinski definition) is 10. The van der Waals surface area contributed by atoms with Crippen molar-refractivity contribution < 1.29 is 51.6 Å². The third-order valence-electron chi connectivity index (χ3n) is 6.10. The molecule has 39 heavy (non-hydrogen) atoms. The summed E-state index contributed by atoms with van der Waals surface area (Å²) in [5.74, 6) is -5.62. The summed E-state index contributed by atoms with van der Waals surface area (Å²) in [6, 6.07) is 14.8. The molecule has 0 bridgehead atoms. The van der Waals surface area contributed by atoms with Crippen LogP contribution in [0.3, 0.4) is 0 Å². The van der Waals surface area contributed by atoms with Crippen LogP contribution < -0.4 is 5.32 Å². The number of benzene rings is 2. The van der Waals surface area contributed by atoms with Crippen molar-refractivity contribution in [2.45, 2.75) is 70.2 Å². The summed E-state index contributed by atoms with van der Waals surface area (Å²) >= 11 is 0. The lowest BCUT2D eigenvalue weighted by Crippen LogP contribution is -2.63. The second-order valence-electron chi connectivity index (χ2n) is 9.08. The maximum absolute atomic E-state index is 15.3. The van der Waals surface area contributed by atoms with Gasteiger partial charge in [-0.15, -0.1) is 0 Å². The summed E-state index contributed by atoms with van der Waals surface area (Å²) < 4.78 is 64.4. The predicted octanol–water partition coefficient (Wildman–Crippen LogP) is 3.28. The lowest BCUT2D eigenvalue weighted by atomic mass is 9.98. The Morgan fingerprint density at radius 2 is 1.51 bits per heavy atom. The zero-order chi connectivity index (χ0) is 28.2. The number of nitrogens with one attached hydrogen (secondary N) is 1. The Balaban J connectivity index is 1.68. The molecule has 1 fully saturated rings. The third-order valence-corrected chi connectivity index (χ3v) is 6.10. The average Bonchev–Trinajstić information content (AvgIpc) is 3.13. The van der Waals surface area contributed by atoms with Gasteiger partial charge in [0, 0.05) is 32.0 Å². The van der Waals surface area contributed by atoms with Crippen LogP contribution in [0.25, 0.3) is 0 Å². The van der Waals surface area contributed by atoms with Crippen LogP contribution >= 0.6 is 0 Å². The molecule has 2 aromatic carbocycles. The van der Waals surface area contributed by atoms with Crippen LogP contribution in [0.4, 0.5) is 14.5 Å². The summed E-state index contributed by atoms with van der Waals surface area (Å²) in [5.41, 5.74) is 0.634. The van der Waals surface area contributed by atoms with Gasteiger partial charge in [0.25, 0.3) is 0 Å². The summed E-state index contributed by atoms with van der Waals surface area (Å²) in [6.45, 7) is 2.95. The van der Waals surface area contributed by atoms with E-state index in [0.29, 0.717) is 0 Å². The van der Waals surface area contributed by atoms with E-state index in [-0.39, 0.29) is 17.9 Å². The number of halogens is 2. The van der Waals surface area contributed by atoms with Crippen molar-refractivity contribution in [3.8, 4) is 0 Å². The van der Waals surface area contributed by atoms with Gasteiger partial charge in [0.05, 0.1) is 6.61 Å². The summed E-state index contributed by atoms with van der Waals surface area (Å²) in [4.78, 5) is 35.6. The zero-order valence-corrected chi connectivity index (χ0v) is 21.5. The van der Waals surface area contributed by atoms with Gasteiger partial charge in [-0.25, -0.2) is 0 Å². The van der Waals surface area contributed by atoms with Crippen molar-refractivity contribution in [1.82, 2.24) is 0 Å². The van der Waals surface area contributed by atoms with Gasteiger partial charge in [-0.1, -0.05) is 48.5 Å². The number of rotatable bonds is 9. The molecule has 1 unspecified atom stereocenters. The average molecular weight is 550 g/mol.